The smallest absolute Gasteiger partial charge is 0.285 e. The minimum Gasteiger partial charge on any atom is -0.359 e. The molecule has 1 saturated heterocycles. The van der Waals surface area contributed by atoms with E-state index < -0.39 is 5.54 Å². The largest absolute Gasteiger partial charge is 0.359 e. The number of amides is 2. The Bertz CT molecular complexity index is 969. The summed E-state index contributed by atoms with van der Waals surface area (Å²) in [4.78, 5) is 31.5. The van der Waals surface area contributed by atoms with Crippen molar-refractivity contribution >= 4 is 40.5 Å². The number of hydrogen-bond donors (Lipinski definition) is 2. The molecule has 0 bridgehead atoms. The number of halogens is 1. The van der Waals surface area contributed by atoms with Crippen LogP contribution in [0, 0.1) is 0 Å². The molecule has 2 aliphatic rings. The van der Waals surface area contributed by atoms with Crippen LogP contribution in [-0.2, 0) is 9.59 Å². The Balaban J connectivity index is 1.52. The molecule has 1 fully saturated rings. The van der Waals surface area contributed by atoms with E-state index >= 15 is 0 Å². The Morgan fingerprint density at radius 2 is 1.67 bits per heavy atom. The summed E-state index contributed by atoms with van der Waals surface area (Å²) < 4.78 is 0. The fraction of sp³-hybridized carbons (Fsp3) is 0.391. The number of piperazine rings is 1. The number of nitrogens with one attached hydrogen (secondary N) is 2. The maximum atomic E-state index is 13.6. The van der Waals surface area contributed by atoms with Crippen LogP contribution in [0.5, 0.6) is 0 Å². The van der Waals surface area contributed by atoms with Crippen LogP contribution in [0.3, 0.4) is 0 Å². The van der Waals surface area contributed by atoms with Crippen LogP contribution < -0.4 is 20.0 Å². The lowest BCUT2D eigenvalue weighted by molar-refractivity contribution is -0.914. The molecule has 0 unspecified atom stereocenters. The molecule has 2 N–H and O–H groups in total. The van der Waals surface area contributed by atoms with Gasteiger partial charge in [-0.2, -0.15) is 0 Å². The minimum atomic E-state index is -0.946. The van der Waals surface area contributed by atoms with Crippen molar-refractivity contribution in [2.75, 3.05) is 41.3 Å². The molecule has 158 valence electrons. The highest BCUT2D eigenvalue weighted by molar-refractivity contribution is 6.33. The lowest BCUT2D eigenvalue weighted by Crippen LogP contribution is -3.19. The number of benzene rings is 2. The van der Waals surface area contributed by atoms with Crippen LogP contribution >= 0.6 is 11.6 Å². The zero-order valence-corrected chi connectivity index (χ0v) is 18.4. The molecule has 2 aromatic carbocycles. The summed E-state index contributed by atoms with van der Waals surface area (Å²) in [6.45, 7) is 8.89. The summed E-state index contributed by atoms with van der Waals surface area (Å²) in [5.74, 6) is -0.191. The van der Waals surface area contributed by atoms with Crippen LogP contribution in [0.4, 0.5) is 17.1 Å². The van der Waals surface area contributed by atoms with Crippen molar-refractivity contribution < 1.29 is 14.5 Å². The summed E-state index contributed by atoms with van der Waals surface area (Å²) in [6, 6.07) is 15.1. The van der Waals surface area contributed by atoms with Gasteiger partial charge in [0.15, 0.2) is 6.04 Å². The van der Waals surface area contributed by atoms with E-state index in [2.05, 4.69) is 10.2 Å². The van der Waals surface area contributed by atoms with E-state index in [9.17, 15) is 9.59 Å². The van der Waals surface area contributed by atoms with Gasteiger partial charge in [-0.25, -0.2) is 0 Å². The highest BCUT2D eigenvalue weighted by atomic mass is 35.5. The fourth-order valence-electron chi connectivity index (χ4n) is 4.39. The summed E-state index contributed by atoms with van der Waals surface area (Å²) in [5.41, 5.74) is 1.53. The number of rotatable bonds is 3. The number of carbonyl (C=O) groups is 2. The summed E-state index contributed by atoms with van der Waals surface area (Å²) in [6.07, 6.45) is 0. The highest BCUT2D eigenvalue weighted by Crippen LogP contribution is 2.37. The molecule has 30 heavy (non-hydrogen) atoms. The van der Waals surface area contributed by atoms with Crippen molar-refractivity contribution in [1.82, 2.24) is 0 Å². The van der Waals surface area contributed by atoms with Gasteiger partial charge in [0.2, 0.25) is 5.91 Å². The average molecular weight is 428 g/mol. The fourth-order valence-corrected chi connectivity index (χ4v) is 4.65. The van der Waals surface area contributed by atoms with Crippen LogP contribution in [0.1, 0.15) is 20.8 Å². The van der Waals surface area contributed by atoms with Gasteiger partial charge in [0.05, 0.1) is 48.3 Å². The molecule has 0 aromatic heterocycles. The monoisotopic (exact) mass is 427 g/mol. The third-order valence-corrected chi connectivity index (χ3v) is 6.63. The minimum absolute atomic E-state index is 0.0245. The number of hydrogen-bond acceptors (Lipinski definition) is 3. The molecule has 0 aliphatic carbocycles. The van der Waals surface area contributed by atoms with Gasteiger partial charge < -0.3 is 15.1 Å². The van der Waals surface area contributed by atoms with E-state index in [1.54, 1.807) is 18.7 Å². The highest BCUT2D eigenvalue weighted by Gasteiger charge is 2.46. The van der Waals surface area contributed by atoms with Gasteiger partial charge >= 0.3 is 0 Å². The molecule has 0 radical (unpaired) electrons. The van der Waals surface area contributed by atoms with Crippen LogP contribution in [0.15, 0.2) is 48.5 Å². The second kappa shape index (κ2) is 7.93. The SMILES string of the molecule is C[C@H](C(=O)N1c2ccccc2NC(=O)C1(C)C)[NH+]1CCN(c2ccccc2Cl)CC1. The number of anilines is 3. The topological polar surface area (TPSA) is 57.1 Å². The second-order valence-electron chi connectivity index (χ2n) is 8.52. The Morgan fingerprint density at radius 1 is 1.07 bits per heavy atom. The van der Waals surface area contributed by atoms with Gasteiger partial charge in [-0.3, -0.25) is 14.5 Å². The zero-order valence-electron chi connectivity index (χ0n) is 17.6. The van der Waals surface area contributed by atoms with E-state index in [-0.39, 0.29) is 17.9 Å². The van der Waals surface area contributed by atoms with Crippen LogP contribution in [0.25, 0.3) is 0 Å². The molecule has 2 aromatic rings. The van der Waals surface area contributed by atoms with Gasteiger partial charge in [-0.15, -0.1) is 0 Å². The van der Waals surface area contributed by atoms with Crippen molar-refractivity contribution in [3.05, 3.63) is 53.6 Å². The van der Waals surface area contributed by atoms with Crippen molar-refractivity contribution in [3.63, 3.8) is 0 Å². The molecule has 4 rings (SSSR count). The molecule has 7 heteroatoms. The van der Waals surface area contributed by atoms with Crippen molar-refractivity contribution in [1.29, 1.82) is 0 Å². The van der Waals surface area contributed by atoms with Crippen molar-refractivity contribution in [3.8, 4) is 0 Å². The number of nitrogens with zero attached hydrogens (tertiary/aromatic N) is 2. The van der Waals surface area contributed by atoms with Crippen LogP contribution in [0.2, 0.25) is 5.02 Å². The first kappa shape index (κ1) is 20.7. The van der Waals surface area contributed by atoms with Crippen molar-refractivity contribution in [2.24, 2.45) is 0 Å². The zero-order chi connectivity index (χ0) is 21.5. The molecule has 2 aliphatic heterocycles. The van der Waals surface area contributed by atoms with Crippen molar-refractivity contribution in [2.45, 2.75) is 32.4 Å². The Kier molecular flexibility index (Phi) is 5.47. The average Bonchev–Trinajstić information content (AvgIpc) is 2.74. The van der Waals surface area contributed by atoms with E-state index in [1.807, 2.05) is 55.5 Å². The first-order chi connectivity index (χ1) is 14.3. The summed E-state index contributed by atoms with van der Waals surface area (Å²) in [5, 5.41) is 3.68. The predicted molar refractivity (Wildman–Crippen MR) is 120 cm³/mol. The first-order valence-electron chi connectivity index (χ1n) is 10.4. The summed E-state index contributed by atoms with van der Waals surface area (Å²) in [7, 11) is 0. The second-order valence-corrected chi connectivity index (χ2v) is 8.93. The van der Waals surface area contributed by atoms with Gasteiger partial charge in [-0.1, -0.05) is 35.9 Å². The van der Waals surface area contributed by atoms with E-state index in [0.29, 0.717) is 5.69 Å². The standard InChI is InChI=1S/C23H27ClN4O2/c1-16(26-12-14-27(15-13-26)19-10-6-4-8-17(19)24)21(29)28-20-11-7-5-9-18(20)25-22(30)23(28,2)3/h4-11,16H,12-15H2,1-3H3,(H,25,30)/p+1/t16-/m1/s1. The lowest BCUT2D eigenvalue weighted by Gasteiger charge is -2.44. The molecular formula is C23H28ClN4O2+. The maximum absolute atomic E-state index is 13.6. The summed E-state index contributed by atoms with van der Waals surface area (Å²) >= 11 is 6.35. The molecule has 2 amide bonds. The van der Waals surface area contributed by atoms with E-state index in [0.717, 1.165) is 42.6 Å². The third kappa shape index (κ3) is 3.55. The first-order valence-corrected chi connectivity index (χ1v) is 10.8. The molecule has 2 heterocycles. The quantitative estimate of drug-likeness (QED) is 0.789. The number of quaternary nitrogens is 1. The predicted octanol–water partition coefficient (Wildman–Crippen LogP) is 2.20. The number of para-hydroxylation sites is 3. The van der Waals surface area contributed by atoms with Gasteiger partial charge in [-0.05, 0) is 45.0 Å². The van der Waals surface area contributed by atoms with E-state index in [4.69, 9.17) is 11.6 Å². The molecule has 0 saturated carbocycles. The van der Waals surface area contributed by atoms with Gasteiger partial charge in [0.1, 0.15) is 5.54 Å². The third-order valence-electron chi connectivity index (χ3n) is 6.31. The molecule has 1 atom stereocenters. The molecular weight excluding hydrogens is 400 g/mol. The van der Waals surface area contributed by atoms with Gasteiger partial charge in [0, 0.05) is 0 Å². The number of carbonyl (C=O) groups excluding carboxylic acids is 2. The normalized spacial score (nSPS) is 19.8. The Hall–Kier alpha value is -2.57. The molecule has 0 spiro atoms. The maximum Gasteiger partial charge on any atom is 0.285 e. The van der Waals surface area contributed by atoms with E-state index in [1.165, 1.54) is 4.90 Å². The lowest BCUT2D eigenvalue weighted by atomic mass is 9.95. The Labute approximate surface area is 182 Å². The number of fused-ring (bicyclic) bond motifs is 1. The van der Waals surface area contributed by atoms with Gasteiger partial charge in [0.25, 0.3) is 5.91 Å². The molecule has 6 nitrogen and oxygen atoms in total. The Morgan fingerprint density at radius 3 is 2.33 bits per heavy atom. The van der Waals surface area contributed by atoms with Crippen LogP contribution in [-0.4, -0.2) is 49.6 Å².